The third-order valence-electron chi connectivity index (χ3n) is 15.6. The maximum Gasteiger partial charge on any atom is 0.186 e. The molecule has 8 aliphatic rings. The first kappa shape index (κ1) is 37.2. The van der Waals surface area contributed by atoms with Crippen molar-refractivity contribution in [1.29, 1.82) is 0 Å². The SMILES string of the molecule is C[C@@H]1CC[C@@]2(OC1)O[C@H]1C[C@H]3[C@@H]4CC=C5C[C@@H](O[C@@H]6O[C@@H](C)[C@H](O)[C@@H](O)[C@H]6O)C[C@@H](O[C@@H]6O[C@H](C)[C@H](O)[C@H](O)[C@H]6O)[C@]5(C)[C@H]4CC[C@]3(C)[C@H]1[C@@H]2C. The van der Waals surface area contributed by atoms with E-state index in [1.807, 2.05) is 0 Å². The van der Waals surface area contributed by atoms with Gasteiger partial charge in [-0.05, 0) is 87.4 Å². The Morgan fingerprint density at radius 1 is 0.745 bits per heavy atom. The first-order valence-electron chi connectivity index (χ1n) is 19.8. The molecule has 6 N–H and O–H groups in total. The van der Waals surface area contributed by atoms with Crippen molar-refractivity contribution < 1.29 is 59.1 Å². The van der Waals surface area contributed by atoms with Gasteiger partial charge in [-0.2, -0.15) is 0 Å². The molecule has 4 aliphatic heterocycles. The van der Waals surface area contributed by atoms with Gasteiger partial charge in [-0.1, -0.05) is 39.3 Å². The molecule has 7 fully saturated rings. The van der Waals surface area contributed by atoms with Crippen molar-refractivity contribution in [1.82, 2.24) is 0 Å². The molecule has 0 bridgehead atoms. The highest BCUT2D eigenvalue weighted by Crippen LogP contribution is 2.71. The van der Waals surface area contributed by atoms with Crippen molar-refractivity contribution in [2.75, 3.05) is 6.61 Å². The van der Waals surface area contributed by atoms with Gasteiger partial charge in [0.1, 0.15) is 36.6 Å². The van der Waals surface area contributed by atoms with Gasteiger partial charge in [-0.15, -0.1) is 0 Å². The number of ether oxygens (including phenoxy) is 6. The van der Waals surface area contributed by atoms with Crippen molar-refractivity contribution in [3.05, 3.63) is 11.6 Å². The van der Waals surface area contributed by atoms with Crippen molar-refractivity contribution in [2.24, 2.45) is 46.3 Å². The molecule has 4 saturated heterocycles. The number of aliphatic hydroxyl groups excluding tert-OH is 6. The molecule has 4 aliphatic carbocycles. The van der Waals surface area contributed by atoms with Crippen LogP contribution in [0.5, 0.6) is 0 Å². The van der Waals surface area contributed by atoms with E-state index in [1.54, 1.807) is 13.8 Å². The zero-order valence-corrected chi connectivity index (χ0v) is 31.0. The predicted octanol–water partition coefficient (Wildman–Crippen LogP) is 2.39. The standard InChI is InChI=1S/C39H62O12/c1-17-9-12-39(46-16-17)18(2)28-26(51-39)15-25-23-8-7-21-13-22(49-35-33(44)31(42)29(40)19(3)47-35)14-27(38(21,6)24(23)10-11-37(25,28)5)50-36-34(45)32(43)30(41)20(4)48-36/h7,17-20,22-36,40-45H,8-16H2,1-6H3/t17-,18+,19+,20-,22-,23-,24+,25+,26+,27-,28+,29+,30+,31-,32+,33-,34-,35+,36+,37+,38+,39-/m1/s1. The summed E-state index contributed by atoms with van der Waals surface area (Å²) in [5, 5.41) is 63.8. The first-order chi connectivity index (χ1) is 24.1. The molecule has 12 heteroatoms. The van der Waals surface area contributed by atoms with Crippen LogP contribution in [0.25, 0.3) is 0 Å². The normalized spacial score (nSPS) is 59.8. The monoisotopic (exact) mass is 722 g/mol. The molecule has 51 heavy (non-hydrogen) atoms. The van der Waals surface area contributed by atoms with Crippen LogP contribution in [0.15, 0.2) is 11.6 Å². The molecule has 0 radical (unpaired) electrons. The molecule has 12 nitrogen and oxygen atoms in total. The van der Waals surface area contributed by atoms with E-state index in [4.69, 9.17) is 28.4 Å². The fourth-order valence-electron chi connectivity index (χ4n) is 12.6. The molecule has 0 aromatic carbocycles. The molecule has 4 heterocycles. The van der Waals surface area contributed by atoms with Crippen LogP contribution in [-0.4, -0.2) is 123 Å². The Morgan fingerprint density at radius 2 is 1.39 bits per heavy atom. The van der Waals surface area contributed by atoms with E-state index >= 15 is 0 Å². The van der Waals surface area contributed by atoms with Gasteiger partial charge in [0.25, 0.3) is 0 Å². The molecular formula is C39H62O12. The second kappa shape index (κ2) is 13.2. The second-order valence-electron chi connectivity index (χ2n) is 18.3. The summed E-state index contributed by atoms with van der Waals surface area (Å²) in [6.07, 6.45) is -3.33. The summed E-state index contributed by atoms with van der Waals surface area (Å²) >= 11 is 0. The van der Waals surface area contributed by atoms with E-state index in [9.17, 15) is 30.6 Å². The van der Waals surface area contributed by atoms with Crippen LogP contribution >= 0.6 is 0 Å². The number of aliphatic hydroxyl groups is 6. The minimum atomic E-state index is -1.45. The summed E-state index contributed by atoms with van der Waals surface area (Å²) in [6, 6.07) is 0. The molecule has 0 aromatic heterocycles. The third kappa shape index (κ3) is 5.67. The minimum Gasteiger partial charge on any atom is -0.388 e. The van der Waals surface area contributed by atoms with Crippen LogP contribution in [0, 0.1) is 46.3 Å². The van der Waals surface area contributed by atoms with Crippen LogP contribution in [-0.2, 0) is 28.4 Å². The largest absolute Gasteiger partial charge is 0.388 e. The van der Waals surface area contributed by atoms with Crippen molar-refractivity contribution in [3.8, 4) is 0 Å². The summed E-state index contributed by atoms with van der Waals surface area (Å²) in [4.78, 5) is 0. The van der Waals surface area contributed by atoms with Gasteiger partial charge in [0.2, 0.25) is 0 Å². The summed E-state index contributed by atoms with van der Waals surface area (Å²) in [7, 11) is 0. The zero-order valence-electron chi connectivity index (χ0n) is 31.0. The topological polar surface area (TPSA) is 177 Å². The number of rotatable bonds is 4. The summed E-state index contributed by atoms with van der Waals surface area (Å²) in [5.41, 5.74) is 0.868. The Balaban J connectivity index is 1.08. The van der Waals surface area contributed by atoms with E-state index in [0.29, 0.717) is 42.4 Å². The molecular weight excluding hydrogens is 660 g/mol. The zero-order chi connectivity index (χ0) is 36.4. The maximum atomic E-state index is 11.1. The lowest BCUT2D eigenvalue weighted by atomic mass is 9.46. The van der Waals surface area contributed by atoms with E-state index in [1.165, 1.54) is 5.57 Å². The van der Waals surface area contributed by atoms with Gasteiger partial charge < -0.3 is 59.1 Å². The minimum absolute atomic E-state index is 0.119. The van der Waals surface area contributed by atoms with Crippen LogP contribution in [0.1, 0.15) is 92.9 Å². The van der Waals surface area contributed by atoms with Crippen molar-refractivity contribution in [2.45, 2.75) is 178 Å². The van der Waals surface area contributed by atoms with Gasteiger partial charge in [-0.25, -0.2) is 0 Å². The molecule has 0 aromatic rings. The van der Waals surface area contributed by atoms with Crippen LogP contribution in [0.4, 0.5) is 0 Å². The van der Waals surface area contributed by atoms with Gasteiger partial charge >= 0.3 is 0 Å². The van der Waals surface area contributed by atoms with Gasteiger partial charge in [-0.3, -0.25) is 0 Å². The Labute approximate surface area is 301 Å². The highest BCUT2D eigenvalue weighted by molar-refractivity contribution is 5.29. The molecule has 0 amide bonds. The highest BCUT2D eigenvalue weighted by Gasteiger charge is 2.69. The summed E-state index contributed by atoms with van der Waals surface area (Å²) < 4.78 is 38.5. The quantitative estimate of drug-likeness (QED) is 0.234. The average Bonchev–Trinajstić information content (AvgIpc) is 3.55. The predicted molar refractivity (Wildman–Crippen MR) is 182 cm³/mol. The fraction of sp³-hybridized carbons (Fsp3) is 0.949. The maximum absolute atomic E-state index is 11.1. The smallest absolute Gasteiger partial charge is 0.186 e. The van der Waals surface area contributed by atoms with Crippen molar-refractivity contribution in [3.63, 3.8) is 0 Å². The Morgan fingerprint density at radius 3 is 2.02 bits per heavy atom. The van der Waals surface area contributed by atoms with Gasteiger partial charge in [0.05, 0.1) is 37.1 Å². The van der Waals surface area contributed by atoms with E-state index in [0.717, 1.165) is 45.1 Å². The molecule has 0 unspecified atom stereocenters. The Hall–Kier alpha value is -0.740. The van der Waals surface area contributed by atoms with E-state index in [-0.39, 0.29) is 17.4 Å². The first-order valence-corrected chi connectivity index (χ1v) is 19.8. The van der Waals surface area contributed by atoms with Crippen molar-refractivity contribution >= 4 is 0 Å². The van der Waals surface area contributed by atoms with E-state index in [2.05, 4.69) is 33.8 Å². The van der Waals surface area contributed by atoms with Crippen LogP contribution in [0.2, 0.25) is 0 Å². The lowest BCUT2D eigenvalue weighted by Crippen LogP contribution is -2.62. The summed E-state index contributed by atoms with van der Waals surface area (Å²) in [6.45, 7) is 13.4. The number of hydrogen-bond donors (Lipinski definition) is 6. The molecule has 1 spiro atoms. The van der Waals surface area contributed by atoms with Crippen LogP contribution < -0.4 is 0 Å². The summed E-state index contributed by atoms with van der Waals surface area (Å²) in [5.74, 6) is 1.99. The van der Waals surface area contributed by atoms with Gasteiger partial charge in [0, 0.05) is 24.2 Å². The Bertz CT molecular complexity index is 1320. The Kier molecular flexibility index (Phi) is 9.62. The fourth-order valence-corrected chi connectivity index (χ4v) is 12.6. The molecule has 290 valence electrons. The van der Waals surface area contributed by atoms with Gasteiger partial charge in [0.15, 0.2) is 18.4 Å². The lowest BCUT2D eigenvalue weighted by Gasteiger charge is -2.61. The van der Waals surface area contributed by atoms with E-state index < -0.39 is 84.8 Å². The number of hydrogen-bond acceptors (Lipinski definition) is 12. The number of fused-ring (bicyclic) bond motifs is 7. The lowest BCUT2D eigenvalue weighted by molar-refractivity contribution is -0.329. The van der Waals surface area contributed by atoms with Crippen LogP contribution in [0.3, 0.4) is 0 Å². The third-order valence-corrected chi connectivity index (χ3v) is 15.6. The number of allylic oxidation sites excluding steroid dienone is 1. The average molecular weight is 723 g/mol. The molecule has 3 saturated carbocycles. The highest BCUT2D eigenvalue weighted by atomic mass is 16.7. The second-order valence-corrected chi connectivity index (χ2v) is 18.3. The molecule has 8 rings (SSSR count). The molecule has 22 atom stereocenters.